The number of halogens is 3. The molecule has 31 heavy (non-hydrogen) atoms. The first-order valence-electron chi connectivity index (χ1n) is 10.3. The molecule has 2 aliphatic rings. The molecule has 4 rings (SSSR count). The van der Waals surface area contributed by atoms with Crippen LogP contribution in [-0.2, 0) is 11.2 Å². The number of hydrogen-bond acceptors (Lipinski definition) is 5. The van der Waals surface area contributed by atoms with Crippen LogP contribution in [0.1, 0.15) is 37.7 Å². The van der Waals surface area contributed by atoms with Crippen LogP contribution < -0.4 is 14.5 Å². The molecular weight excluding hydrogens is 409 g/mol. The highest BCUT2D eigenvalue weighted by molar-refractivity contribution is 6.04. The van der Waals surface area contributed by atoms with Crippen LogP contribution in [0.5, 0.6) is 5.75 Å². The Morgan fingerprint density at radius 1 is 1.13 bits per heavy atom. The number of aryl methyl sites for hydroxylation is 1. The molecule has 6 nitrogen and oxygen atoms in total. The van der Waals surface area contributed by atoms with Crippen molar-refractivity contribution in [2.24, 2.45) is 5.92 Å². The molecule has 0 unspecified atom stereocenters. The topological polar surface area (TPSA) is 58.6 Å². The SMILES string of the molecule is Cc1nc(C[C@H]2CC[C@H](Oc3cc(F)c(F)c(F)c3)C2)nc2c1N(C)C(=O)[C@H](C)N2C. The fourth-order valence-electron chi connectivity index (χ4n) is 4.45. The van der Waals surface area contributed by atoms with Gasteiger partial charge in [0, 0.05) is 32.6 Å². The number of anilines is 2. The molecule has 0 spiro atoms. The number of aromatic nitrogens is 2. The summed E-state index contributed by atoms with van der Waals surface area (Å²) in [5.41, 5.74) is 1.47. The van der Waals surface area contributed by atoms with E-state index in [1.54, 1.807) is 11.9 Å². The number of ether oxygens (including phenoxy) is 1. The molecule has 0 N–H and O–H groups in total. The summed E-state index contributed by atoms with van der Waals surface area (Å²) < 4.78 is 45.7. The highest BCUT2D eigenvalue weighted by atomic mass is 19.2. The quantitative estimate of drug-likeness (QED) is 0.686. The normalized spacial score (nSPS) is 23.3. The van der Waals surface area contributed by atoms with Crippen molar-refractivity contribution in [3.8, 4) is 5.75 Å². The zero-order valence-electron chi connectivity index (χ0n) is 18.0. The van der Waals surface area contributed by atoms with E-state index in [9.17, 15) is 18.0 Å². The van der Waals surface area contributed by atoms with Gasteiger partial charge in [-0.25, -0.2) is 23.1 Å². The molecule has 0 bridgehead atoms. The van der Waals surface area contributed by atoms with Crippen LogP contribution in [0.25, 0.3) is 0 Å². The van der Waals surface area contributed by atoms with Crippen molar-refractivity contribution < 1.29 is 22.7 Å². The highest BCUT2D eigenvalue weighted by Crippen LogP contribution is 2.36. The Morgan fingerprint density at radius 2 is 1.81 bits per heavy atom. The summed E-state index contributed by atoms with van der Waals surface area (Å²) in [6.07, 6.45) is 2.70. The maximum Gasteiger partial charge on any atom is 0.249 e. The number of rotatable bonds is 4. The van der Waals surface area contributed by atoms with Crippen LogP contribution >= 0.6 is 0 Å². The fraction of sp³-hybridized carbons (Fsp3) is 0.500. The fourth-order valence-corrected chi connectivity index (χ4v) is 4.45. The van der Waals surface area contributed by atoms with Gasteiger partial charge in [0.05, 0.1) is 11.8 Å². The lowest BCUT2D eigenvalue weighted by molar-refractivity contribution is -0.119. The van der Waals surface area contributed by atoms with E-state index in [0.717, 1.165) is 42.2 Å². The van der Waals surface area contributed by atoms with Crippen molar-refractivity contribution in [3.05, 3.63) is 41.1 Å². The molecule has 0 saturated heterocycles. The summed E-state index contributed by atoms with van der Waals surface area (Å²) in [6.45, 7) is 3.72. The minimum absolute atomic E-state index is 0.00102. The molecule has 0 radical (unpaired) electrons. The summed E-state index contributed by atoms with van der Waals surface area (Å²) in [5.74, 6) is -2.34. The summed E-state index contributed by atoms with van der Waals surface area (Å²) in [6, 6.07) is 1.44. The Labute approximate surface area is 179 Å². The van der Waals surface area contributed by atoms with E-state index in [1.807, 2.05) is 25.8 Å². The third-order valence-corrected chi connectivity index (χ3v) is 6.25. The van der Waals surface area contributed by atoms with Crippen LogP contribution in [0.2, 0.25) is 0 Å². The van der Waals surface area contributed by atoms with Crippen molar-refractivity contribution >= 4 is 17.4 Å². The minimum atomic E-state index is -1.50. The number of carbonyl (C=O) groups is 1. The Hall–Kier alpha value is -2.84. The van der Waals surface area contributed by atoms with Crippen molar-refractivity contribution in [3.63, 3.8) is 0 Å². The van der Waals surface area contributed by atoms with Crippen LogP contribution in [-0.4, -0.2) is 42.1 Å². The molecule has 166 valence electrons. The molecule has 1 fully saturated rings. The maximum atomic E-state index is 13.4. The smallest absolute Gasteiger partial charge is 0.249 e. The predicted molar refractivity (Wildman–Crippen MR) is 110 cm³/mol. The summed E-state index contributed by atoms with van der Waals surface area (Å²) >= 11 is 0. The molecule has 1 saturated carbocycles. The van der Waals surface area contributed by atoms with Crippen LogP contribution in [0.15, 0.2) is 12.1 Å². The van der Waals surface area contributed by atoms with Gasteiger partial charge in [0.15, 0.2) is 23.3 Å². The Morgan fingerprint density at radius 3 is 2.48 bits per heavy atom. The second kappa shape index (κ2) is 8.01. The zero-order valence-corrected chi connectivity index (χ0v) is 18.0. The van der Waals surface area contributed by atoms with Gasteiger partial charge < -0.3 is 14.5 Å². The number of carbonyl (C=O) groups excluding carboxylic acids is 1. The molecule has 1 aliphatic heterocycles. The van der Waals surface area contributed by atoms with Crippen LogP contribution in [0.4, 0.5) is 24.7 Å². The minimum Gasteiger partial charge on any atom is -0.490 e. The van der Waals surface area contributed by atoms with Crippen LogP contribution in [0, 0.1) is 30.3 Å². The Bertz CT molecular complexity index is 1010. The third-order valence-electron chi connectivity index (χ3n) is 6.25. The third kappa shape index (κ3) is 3.93. The van der Waals surface area contributed by atoms with Crippen molar-refractivity contribution in [1.29, 1.82) is 0 Å². The van der Waals surface area contributed by atoms with E-state index in [2.05, 4.69) is 4.98 Å². The van der Waals surface area contributed by atoms with E-state index in [1.165, 1.54) is 0 Å². The van der Waals surface area contributed by atoms with Crippen molar-refractivity contribution in [2.75, 3.05) is 23.9 Å². The van der Waals surface area contributed by atoms with Gasteiger partial charge in [-0.2, -0.15) is 0 Å². The lowest BCUT2D eigenvalue weighted by Crippen LogP contribution is -2.50. The number of likely N-dealkylation sites (N-methyl/N-ethyl adjacent to an activating group) is 2. The monoisotopic (exact) mass is 434 g/mol. The largest absolute Gasteiger partial charge is 0.490 e. The first-order valence-corrected chi connectivity index (χ1v) is 10.3. The van der Waals surface area contributed by atoms with E-state index in [4.69, 9.17) is 9.72 Å². The molecule has 9 heteroatoms. The number of hydrogen-bond donors (Lipinski definition) is 0. The van der Waals surface area contributed by atoms with Gasteiger partial charge in [-0.1, -0.05) is 0 Å². The highest BCUT2D eigenvalue weighted by Gasteiger charge is 2.35. The second-order valence-electron chi connectivity index (χ2n) is 8.41. The van der Waals surface area contributed by atoms with Gasteiger partial charge in [-0.15, -0.1) is 0 Å². The van der Waals surface area contributed by atoms with Crippen molar-refractivity contribution in [2.45, 2.75) is 51.7 Å². The Balaban J connectivity index is 1.46. The molecule has 1 aliphatic carbocycles. The van der Waals surface area contributed by atoms with E-state index in [-0.39, 0.29) is 29.7 Å². The number of nitrogens with zero attached hydrogens (tertiary/aromatic N) is 4. The molecule has 2 aromatic rings. The molecular formula is C22H25F3N4O2. The zero-order chi connectivity index (χ0) is 22.4. The summed E-state index contributed by atoms with van der Waals surface area (Å²) in [7, 11) is 3.59. The van der Waals surface area contributed by atoms with E-state index in [0.29, 0.717) is 18.7 Å². The first kappa shape index (κ1) is 21.4. The average Bonchev–Trinajstić information content (AvgIpc) is 3.15. The van der Waals surface area contributed by atoms with Gasteiger partial charge in [0.25, 0.3) is 0 Å². The van der Waals surface area contributed by atoms with Gasteiger partial charge in [0.1, 0.15) is 23.3 Å². The maximum absolute atomic E-state index is 13.4. The molecule has 1 aromatic heterocycles. The molecule has 1 amide bonds. The molecule has 2 heterocycles. The Kier molecular flexibility index (Phi) is 5.53. The number of benzene rings is 1. The first-order chi connectivity index (χ1) is 14.7. The van der Waals surface area contributed by atoms with Crippen LogP contribution in [0.3, 0.4) is 0 Å². The van der Waals surface area contributed by atoms with Crippen molar-refractivity contribution in [1.82, 2.24) is 9.97 Å². The second-order valence-corrected chi connectivity index (χ2v) is 8.41. The average molecular weight is 434 g/mol. The lowest BCUT2D eigenvalue weighted by atomic mass is 10.0. The number of amides is 1. The van der Waals surface area contributed by atoms with Gasteiger partial charge in [0.2, 0.25) is 5.91 Å². The van der Waals surface area contributed by atoms with Gasteiger partial charge in [-0.05, 0) is 39.0 Å². The van der Waals surface area contributed by atoms with Gasteiger partial charge in [-0.3, -0.25) is 4.79 Å². The lowest BCUT2D eigenvalue weighted by Gasteiger charge is -2.37. The number of fused-ring (bicyclic) bond motifs is 1. The summed E-state index contributed by atoms with van der Waals surface area (Å²) in [4.78, 5) is 25.2. The van der Waals surface area contributed by atoms with Gasteiger partial charge >= 0.3 is 0 Å². The molecule has 1 aromatic carbocycles. The summed E-state index contributed by atoms with van der Waals surface area (Å²) in [5, 5.41) is 0. The van der Waals surface area contributed by atoms with E-state index >= 15 is 0 Å². The standard InChI is InChI=1S/C22H25F3N4O2/c1-11-20-21(28(3)12(2)22(30)29(20)4)27-18(26-11)8-13-5-6-14(7-13)31-15-9-16(23)19(25)17(24)10-15/h9-10,12-14H,5-8H2,1-4H3/t12-,13-,14-/m0/s1. The predicted octanol–water partition coefficient (Wildman–Crippen LogP) is 3.79. The molecule has 3 atom stereocenters. The van der Waals surface area contributed by atoms with E-state index < -0.39 is 17.5 Å².